The van der Waals surface area contributed by atoms with Gasteiger partial charge < -0.3 is 15.2 Å². The van der Waals surface area contributed by atoms with E-state index in [1.54, 1.807) is 26.2 Å². The Morgan fingerprint density at radius 3 is 2.12 bits per heavy atom. The van der Waals surface area contributed by atoms with Gasteiger partial charge in [-0.05, 0) is 38.3 Å². The lowest BCUT2D eigenvalue weighted by Crippen LogP contribution is -2.36. The van der Waals surface area contributed by atoms with Gasteiger partial charge in [-0.15, -0.1) is 0 Å². The van der Waals surface area contributed by atoms with E-state index in [9.17, 15) is 13.2 Å². The number of carbonyl (C=O) groups excluding carboxylic acids is 1. The summed E-state index contributed by atoms with van der Waals surface area (Å²) in [6, 6.07) is 5.47. The number of hydrogen-bond acceptors (Lipinski definition) is 6. The van der Waals surface area contributed by atoms with Crippen molar-refractivity contribution >= 4 is 16.1 Å². The minimum Gasteiger partial charge on any atom is -0.459 e. The first-order valence-corrected chi connectivity index (χ1v) is 9.40. The van der Waals surface area contributed by atoms with Gasteiger partial charge in [-0.3, -0.25) is 9.35 Å². The molecule has 0 aliphatic carbocycles. The van der Waals surface area contributed by atoms with Gasteiger partial charge in [0.05, 0.1) is 11.5 Å². The van der Waals surface area contributed by atoms with Crippen molar-refractivity contribution in [3.05, 3.63) is 29.8 Å². The van der Waals surface area contributed by atoms with Gasteiger partial charge in [0.1, 0.15) is 12.1 Å². The molecule has 1 aromatic rings. The molecule has 0 saturated carbocycles. The standard InChI is InChI=1S/C10H21NO3.C7H8O3S/c1-7(2)5-9(11)10(12)14-8(3)6-13-4;1-6-2-4-7(5-3-6)11(8,9)10/h7-9H,5-6,11H2,1-4H3;2-5H,1H3,(H,8,9,10)/t8-,9?;/m0./s1. The highest BCUT2D eigenvalue weighted by Gasteiger charge is 2.18. The number of ether oxygens (including phenoxy) is 2. The quantitative estimate of drug-likeness (QED) is 0.554. The molecule has 0 bridgehead atoms. The highest BCUT2D eigenvalue weighted by atomic mass is 32.2. The van der Waals surface area contributed by atoms with Crippen molar-refractivity contribution in [1.82, 2.24) is 0 Å². The lowest BCUT2D eigenvalue weighted by molar-refractivity contribution is -0.152. The summed E-state index contributed by atoms with van der Waals surface area (Å²) >= 11 is 0. The molecule has 3 N–H and O–H groups in total. The molecular formula is C17H29NO6S. The normalized spacial score (nSPS) is 13.6. The highest BCUT2D eigenvalue weighted by molar-refractivity contribution is 7.85. The second-order valence-electron chi connectivity index (χ2n) is 6.23. The van der Waals surface area contributed by atoms with E-state index in [2.05, 4.69) is 0 Å². The number of aryl methyl sites for hydroxylation is 1. The molecule has 0 fully saturated rings. The number of carbonyl (C=O) groups is 1. The second-order valence-corrected chi connectivity index (χ2v) is 7.65. The third-order valence-electron chi connectivity index (χ3n) is 3.07. The predicted octanol–water partition coefficient (Wildman–Crippen LogP) is 2.18. The second kappa shape index (κ2) is 11.2. The van der Waals surface area contributed by atoms with Crippen LogP contribution in [-0.4, -0.2) is 44.8 Å². The van der Waals surface area contributed by atoms with E-state index in [0.29, 0.717) is 18.9 Å². The Balaban J connectivity index is 0.000000472. The van der Waals surface area contributed by atoms with E-state index in [1.165, 1.54) is 12.1 Å². The van der Waals surface area contributed by atoms with Crippen molar-refractivity contribution in [2.45, 2.75) is 51.2 Å². The lowest BCUT2D eigenvalue weighted by atomic mass is 10.1. The summed E-state index contributed by atoms with van der Waals surface area (Å²) in [7, 11) is -2.45. The van der Waals surface area contributed by atoms with Gasteiger partial charge in [-0.2, -0.15) is 8.42 Å². The first kappa shape index (κ1) is 23.5. The average molecular weight is 375 g/mol. The topological polar surface area (TPSA) is 116 Å². The lowest BCUT2D eigenvalue weighted by Gasteiger charge is -2.17. The van der Waals surface area contributed by atoms with E-state index in [1.807, 2.05) is 20.8 Å². The van der Waals surface area contributed by atoms with Crippen LogP contribution < -0.4 is 5.73 Å². The average Bonchev–Trinajstić information content (AvgIpc) is 2.46. The molecule has 8 heteroatoms. The van der Waals surface area contributed by atoms with E-state index in [0.717, 1.165) is 5.56 Å². The van der Waals surface area contributed by atoms with E-state index in [-0.39, 0.29) is 17.0 Å². The van der Waals surface area contributed by atoms with Gasteiger partial charge >= 0.3 is 5.97 Å². The summed E-state index contributed by atoms with van der Waals surface area (Å²) in [6.07, 6.45) is 0.421. The number of benzene rings is 1. The zero-order chi connectivity index (χ0) is 19.6. The maximum absolute atomic E-state index is 11.4. The number of hydrogen-bond donors (Lipinski definition) is 2. The molecule has 0 radical (unpaired) electrons. The summed E-state index contributed by atoms with van der Waals surface area (Å²) in [4.78, 5) is 11.3. The fourth-order valence-electron chi connectivity index (χ4n) is 1.87. The minimum absolute atomic E-state index is 0.0666. The van der Waals surface area contributed by atoms with E-state index >= 15 is 0 Å². The summed E-state index contributed by atoms with van der Waals surface area (Å²) in [6.45, 7) is 8.06. The molecule has 0 spiro atoms. The van der Waals surface area contributed by atoms with E-state index < -0.39 is 16.2 Å². The van der Waals surface area contributed by atoms with Gasteiger partial charge in [0.25, 0.3) is 10.1 Å². The maximum Gasteiger partial charge on any atom is 0.323 e. The Morgan fingerprint density at radius 2 is 1.72 bits per heavy atom. The first-order chi connectivity index (χ1) is 11.5. The molecule has 1 rings (SSSR count). The third kappa shape index (κ3) is 10.9. The Morgan fingerprint density at radius 1 is 1.20 bits per heavy atom. The summed E-state index contributed by atoms with van der Waals surface area (Å²) in [5, 5.41) is 0. The SMILES string of the molecule is COC[C@H](C)OC(=O)C(N)CC(C)C.Cc1ccc(S(=O)(=O)O)cc1. The van der Waals surface area contributed by atoms with Crippen molar-refractivity contribution in [2.75, 3.05) is 13.7 Å². The molecule has 2 atom stereocenters. The molecule has 7 nitrogen and oxygen atoms in total. The smallest absolute Gasteiger partial charge is 0.323 e. The number of methoxy groups -OCH3 is 1. The number of nitrogens with two attached hydrogens (primary N) is 1. The minimum atomic E-state index is -4.02. The van der Waals surface area contributed by atoms with Crippen LogP contribution in [0.3, 0.4) is 0 Å². The fraction of sp³-hybridized carbons (Fsp3) is 0.588. The van der Waals surface area contributed by atoms with Crippen molar-refractivity contribution < 1.29 is 27.2 Å². The molecule has 0 heterocycles. The Hall–Kier alpha value is -1.48. The first-order valence-electron chi connectivity index (χ1n) is 7.96. The van der Waals surface area contributed by atoms with Crippen molar-refractivity contribution in [2.24, 2.45) is 11.7 Å². The molecule has 0 aromatic heterocycles. The zero-order valence-corrected chi connectivity index (χ0v) is 16.2. The van der Waals surface area contributed by atoms with Crippen LogP contribution in [0.5, 0.6) is 0 Å². The van der Waals surface area contributed by atoms with Gasteiger partial charge in [0, 0.05) is 7.11 Å². The largest absolute Gasteiger partial charge is 0.459 e. The molecule has 0 saturated heterocycles. The monoisotopic (exact) mass is 375 g/mol. The molecule has 0 aliphatic rings. The predicted molar refractivity (Wildman–Crippen MR) is 95.9 cm³/mol. The Bertz CT molecular complexity index is 613. The zero-order valence-electron chi connectivity index (χ0n) is 15.4. The summed E-state index contributed by atoms with van der Waals surface area (Å²) in [5.41, 5.74) is 6.60. The fourth-order valence-corrected chi connectivity index (χ4v) is 2.35. The third-order valence-corrected chi connectivity index (χ3v) is 3.93. The molecular weight excluding hydrogens is 346 g/mol. The molecule has 0 amide bonds. The Labute approximate surface area is 150 Å². The van der Waals surface area contributed by atoms with Crippen LogP contribution in [0.2, 0.25) is 0 Å². The van der Waals surface area contributed by atoms with E-state index in [4.69, 9.17) is 19.8 Å². The van der Waals surface area contributed by atoms with Crippen LogP contribution in [0.4, 0.5) is 0 Å². The van der Waals surface area contributed by atoms with Gasteiger partial charge in [0.15, 0.2) is 0 Å². The maximum atomic E-state index is 11.4. The van der Waals surface area contributed by atoms with Crippen molar-refractivity contribution in [1.29, 1.82) is 0 Å². The van der Waals surface area contributed by atoms with Crippen LogP contribution in [0, 0.1) is 12.8 Å². The van der Waals surface area contributed by atoms with Crippen LogP contribution >= 0.6 is 0 Å². The van der Waals surface area contributed by atoms with Crippen LogP contribution in [0.1, 0.15) is 32.8 Å². The van der Waals surface area contributed by atoms with Crippen LogP contribution in [0.25, 0.3) is 0 Å². The molecule has 1 unspecified atom stereocenters. The summed E-state index contributed by atoms with van der Waals surface area (Å²) < 4.78 is 39.5. The van der Waals surface area contributed by atoms with Crippen molar-refractivity contribution in [3.63, 3.8) is 0 Å². The number of esters is 1. The molecule has 144 valence electrons. The van der Waals surface area contributed by atoms with Gasteiger partial charge in [0.2, 0.25) is 0 Å². The van der Waals surface area contributed by atoms with Crippen LogP contribution in [-0.2, 0) is 24.4 Å². The number of rotatable bonds is 7. The van der Waals surface area contributed by atoms with Gasteiger partial charge in [-0.25, -0.2) is 0 Å². The molecule has 25 heavy (non-hydrogen) atoms. The van der Waals surface area contributed by atoms with Crippen molar-refractivity contribution in [3.8, 4) is 0 Å². The molecule has 1 aromatic carbocycles. The molecule has 0 aliphatic heterocycles. The van der Waals surface area contributed by atoms with Gasteiger partial charge in [-0.1, -0.05) is 31.5 Å². The van der Waals surface area contributed by atoms with Crippen LogP contribution in [0.15, 0.2) is 29.2 Å². The summed E-state index contributed by atoms with van der Waals surface area (Å²) in [5.74, 6) is 0.0542. The Kier molecular flexibility index (Phi) is 10.5. The highest BCUT2D eigenvalue weighted by Crippen LogP contribution is 2.08.